The molecule has 0 aliphatic rings. The second-order valence-corrected chi connectivity index (χ2v) is 10.5. The first-order chi connectivity index (χ1) is 20.8. The minimum Gasteiger partial charge on any atom is -0.508 e. The summed E-state index contributed by atoms with van der Waals surface area (Å²) in [5, 5.41) is 22.9. The highest BCUT2D eigenvalue weighted by Gasteiger charge is 2.22. The van der Waals surface area contributed by atoms with Gasteiger partial charge in [-0.2, -0.15) is 0 Å². The molecule has 0 saturated carbocycles. The molecule has 4 rings (SSSR count). The summed E-state index contributed by atoms with van der Waals surface area (Å²) >= 11 is 1.41. The quantitative estimate of drug-likeness (QED) is 0.118. The molecule has 3 aromatic carbocycles. The molecule has 1 heterocycles. The van der Waals surface area contributed by atoms with Gasteiger partial charge in [0.25, 0.3) is 0 Å². The van der Waals surface area contributed by atoms with Gasteiger partial charge in [0, 0.05) is 26.1 Å². The van der Waals surface area contributed by atoms with E-state index in [4.69, 9.17) is 18.9 Å². The first-order valence-electron chi connectivity index (χ1n) is 13.6. The summed E-state index contributed by atoms with van der Waals surface area (Å²) in [6, 6.07) is 18.5. The summed E-state index contributed by atoms with van der Waals surface area (Å²) in [6.07, 6.45) is 0. The molecule has 0 fully saturated rings. The number of aromatic hydroxyl groups is 2. The van der Waals surface area contributed by atoms with E-state index in [1.165, 1.54) is 18.3 Å². The Hall–Kier alpha value is -4.29. The van der Waals surface area contributed by atoms with Crippen LogP contribution in [0.15, 0.2) is 66.7 Å². The number of phenols is 2. The number of benzene rings is 3. The van der Waals surface area contributed by atoms with Gasteiger partial charge in [0.05, 0.1) is 39.6 Å². The van der Waals surface area contributed by atoms with Crippen molar-refractivity contribution >= 4 is 38.9 Å². The number of ether oxygens (including phenoxy) is 4. The third-order valence-electron chi connectivity index (χ3n) is 6.15. The number of phenolic OH excluding ortho intramolecular Hbond substituents is 2. The molecule has 0 atom stereocenters. The van der Waals surface area contributed by atoms with Gasteiger partial charge in [-0.05, 0) is 79.2 Å². The first-order valence-corrected chi connectivity index (χ1v) is 14.5. The van der Waals surface area contributed by atoms with Crippen LogP contribution < -0.4 is 10.1 Å². The molecule has 11 heteroatoms. The molecule has 43 heavy (non-hydrogen) atoms. The Morgan fingerprint density at radius 1 is 0.767 bits per heavy atom. The van der Waals surface area contributed by atoms with E-state index >= 15 is 0 Å². The average molecular weight is 608 g/mol. The zero-order chi connectivity index (χ0) is 30.6. The molecule has 0 radical (unpaired) electrons. The fourth-order valence-electron chi connectivity index (χ4n) is 4.07. The normalized spacial score (nSPS) is 11.0. The SMILES string of the molecule is CC(=O)CNC(=O)COCCOCCOCCOc1ccc(C(=O)c2c(-c3ccc(O)cc3)sc3cc(O)ccc23)cc1. The Balaban J connectivity index is 1.21. The first kappa shape index (κ1) is 31.6. The van der Waals surface area contributed by atoms with Gasteiger partial charge in [0.15, 0.2) is 5.78 Å². The highest BCUT2D eigenvalue weighted by Crippen LogP contribution is 2.41. The Bertz CT molecular complexity index is 1530. The van der Waals surface area contributed by atoms with Gasteiger partial charge in [-0.15, -0.1) is 11.3 Å². The third kappa shape index (κ3) is 9.35. The zero-order valence-corrected chi connectivity index (χ0v) is 24.5. The van der Waals surface area contributed by atoms with E-state index in [1.54, 1.807) is 66.7 Å². The predicted octanol–water partition coefficient (Wildman–Crippen LogP) is 4.34. The lowest BCUT2D eigenvalue weighted by molar-refractivity contribution is -0.128. The molecule has 0 spiro atoms. The van der Waals surface area contributed by atoms with E-state index in [2.05, 4.69) is 5.32 Å². The van der Waals surface area contributed by atoms with Gasteiger partial charge in [-0.3, -0.25) is 14.4 Å². The Morgan fingerprint density at radius 2 is 1.40 bits per heavy atom. The number of ketones is 2. The van der Waals surface area contributed by atoms with Gasteiger partial charge < -0.3 is 34.5 Å². The van der Waals surface area contributed by atoms with Crippen LogP contribution >= 0.6 is 11.3 Å². The van der Waals surface area contributed by atoms with Crippen molar-refractivity contribution in [2.75, 3.05) is 52.8 Å². The van der Waals surface area contributed by atoms with E-state index in [0.29, 0.717) is 49.9 Å². The zero-order valence-electron chi connectivity index (χ0n) is 23.7. The van der Waals surface area contributed by atoms with Crippen LogP contribution in [0, 0.1) is 0 Å². The highest BCUT2D eigenvalue weighted by atomic mass is 32.1. The lowest BCUT2D eigenvalue weighted by atomic mass is 9.97. The minimum absolute atomic E-state index is 0.00493. The third-order valence-corrected chi connectivity index (χ3v) is 7.36. The molecule has 0 unspecified atom stereocenters. The molecular formula is C32H33NO9S. The van der Waals surface area contributed by atoms with Crippen LogP contribution in [-0.4, -0.2) is 80.5 Å². The second kappa shape index (κ2) is 15.8. The van der Waals surface area contributed by atoms with Crippen molar-refractivity contribution in [2.45, 2.75) is 6.92 Å². The number of carbonyl (C=O) groups is 3. The minimum atomic E-state index is -0.350. The molecule has 3 N–H and O–H groups in total. The van der Waals surface area contributed by atoms with Crippen molar-refractivity contribution in [2.24, 2.45) is 0 Å². The van der Waals surface area contributed by atoms with Crippen molar-refractivity contribution < 1.29 is 43.5 Å². The second-order valence-electron chi connectivity index (χ2n) is 9.49. The number of fused-ring (bicyclic) bond motifs is 1. The summed E-state index contributed by atoms with van der Waals surface area (Å²) in [6.45, 7) is 3.21. The number of Topliss-reactive ketones (excluding diaryl/α,β-unsaturated/α-hetero) is 1. The van der Waals surface area contributed by atoms with E-state index in [9.17, 15) is 24.6 Å². The van der Waals surface area contributed by atoms with Gasteiger partial charge in [0.1, 0.15) is 36.2 Å². The smallest absolute Gasteiger partial charge is 0.246 e. The summed E-state index contributed by atoms with van der Waals surface area (Å²) in [5.74, 6) is 0.229. The van der Waals surface area contributed by atoms with Crippen LogP contribution in [0.2, 0.25) is 0 Å². The van der Waals surface area contributed by atoms with Crippen molar-refractivity contribution in [3.8, 4) is 27.7 Å². The number of thiophene rings is 1. The number of hydrogen-bond acceptors (Lipinski definition) is 10. The molecule has 0 aliphatic carbocycles. The Morgan fingerprint density at radius 3 is 2.07 bits per heavy atom. The van der Waals surface area contributed by atoms with Crippen LogP contribution in [-0.2, 0) is 23.8 Å². The van der Waals surface area contributed by atoms with Crippen molar-refractivity contribution in [3.05, 3.63) is 77.9 Å². The number of nitrogens with one attached hydrogen (secondary N) is 1. The van der Waals surface area contributed by atoms with Gasteiger partial charge >= 0.3 is 0 Å². The van der Waals surface area contributed by atoms with Crippen LogP contribution in [0.25, 0.3) is 20.5 Å². The maximum absolute atomic E-state index is 13.7. The number of carbonyl (C=O) groups excluding carboxylic acids is 3. The van der Waals surface area contributed by atoms with E-state index in [0.717, 1.165) is 20.5 Å². The van der Waals surface area contributed by atoms with Crippen molar-refractivity contribution in [1.82, 2.24) is 5.32 Å². The van der Waals surface area contributed by atoms with Crippen molar-refractivity contribution in [1.29, 1.82) is 0 Å². The Kier molecular flexibility index (Phi) is 11.6. The summed E-state index contributed by atoms with van der Waals surface area (Å²) in [5.41, 5.74) is 1.83. The number of amides is 1. The monoisotopic (exact) mass is 607 g/mol. The molecule has 0 aliphatic heterocycles. The molecule has 10 nitrogen and oxygen atoms in total. The standard InChI is InChI=1S/C32H33NO9S/c1-21(34)19-33-29(37)20-41-15-14-39-12-13-40-16-17-42-26-9-4-22(5-10-26)31(38)30-27-11-8-25(36)18-28(27)43-32(30)23-2-6-24(35)7-3-23/h2-11,18,35-36H,12-17,19-20H2,1H3,(H,33,37). The Labute approximate surface area is 252 Å². The largest absolute Gasteiger partial charge is 0.508 e. The highest BCUT2D eigenvalue weighted by molar-refractivity contribution is 7.22. The van der Waals surface area contributed by atoms with E-state index in [-0.39, 0.29) is 48.7 Å². The molecule has 226 valence electrons. The van der Waals surface area contributed by atoms with Crippen molar-refractivity contribution in [3.63, 3.8) is 0 Å². The maximum atomic E-state index is 13.7. The van der Waals surface area contributed by atoms with E-state index < -0.39 is 0 Å². The fourth-order valence-corrected chi connectivity index (χ4v) is 5.31. The average Bonchev–Trinajstić information content (AvgIpc) is 3.37. The lowest BCUT2D eigenvalue weighted by Gasteiger charge is -2.09. The van der Waals surface area contributed by atoms with Crippen LogP contribution in [0.5, 0.6) is 17.2 Å². The number of hydrogen-bond donors (Lipinski definition) is 3. The summed E-state index contributed by atoms with van der Waals surface area (Å²) < 4.78 is 22.6. The molecule has 0 saturated heterocycles. The number of rotatable bonds is 17. The molecule has 1 amide bonds. The lowest BCUT2D eigenvalue weighted by Crippen LogP contribution is -2.31. The maximum Gasteiger partial charge on any atom is 0.246 e. The predicted molar refractivity (Wildman–Crippen MR) is 162 cm³/mol. The topological polar surface area (TPSA) is 141 Å². The molecule has 0 bridgehead atoms. The fraction of sp³-hybridized carbons (Fsp3) is 0.281. The van der Waals surface area contributed by atoms with Crippen LogP contribution in [0.4, 0.5) is 0 Å². The molecule has 1 aromatic heterocycles. The van der Waals surface area contributed by atoms with Crippen LogP contribution in [0.1, 0.15) is 22.8 Å². The molecular weight excluding hydrogens is 574 g/mol. The molecule has 4 aromatic rings. The van der Waals surface area contributed by atoms with Gasteiger partial charge in [-0.1, -0.05) is 0 Å². The summed E-state index contributed by atoms with van der Waals surface area (Å²) in [4.78, 5) is 36.7. The summed E-state index contributed by atoms with van der Waals surface area (Å²) in [7, 11) is 0. The van der Waals surface area contributed by atoms with Crippen LogP contribution in [0.3, 0.4) is 0 Å². The van der Waals surface area contributed by atoms with Gasteiger partial charge in [0.2, 0.25) is 5.91 Å². The van der Waals surface area contributed by atoms with Gasteiger partial charge in [-0.25, -0.2) is 0 Å². The van der Waals surface area contributed by atoms with E-state index in [1.807, 2.05) is 0 Å².